The molecule has 2 rings (SSSR count). The highest BCUT2D eigenvalue weighted by Gasteiger charge is 2.42. The molecule has 4 nitrogen and oxygen atoms in total. The molecule has 25 heavy (non-hydrogen) atoms. The van der Waals surface area contributed by atoms with Crippen LogP contribution in [0.25, 0.3) is 0 Å². The van der Waals surface area contributed by atoms with Crippen molar-refractivity contribution in [2.75, 3.05) is 33.4 Å². The molecular formula is C19H31FIN3O. The van der Waals surface area contributed by atoms with Crippen LogP contribution in [0.15, 0.2) is 29.3 Å². The number of aliphatic imine (C=N–C) groups is 1. The summed E-state index contributed by atoms with van der Waals surface area (Å²) in [7, 11) is 1.99. The molecule has 1 fully saturated rings. The van der Waals surface area contributed by atoms with E-state index in [0.29, 0.717) is 12.0 Å². The minimum atomic E-state index is -0.198. The highest BCUT2D eigenvalue weighted by atomic mass is 127. The first-order chi connectivity index (χ1) is 11.6. The van der Waals surface area contributed by atoms with Gasteiger partial charge in [0.25, 0.3) is 0 Å². The van der Waals surface area contributed by atoms with E-state index in [2.05, 4.69) is 17.1 Å². The number of nitrogens with zero attached hydrogens (tertiary/aromatic N) is 2. The molecule has 1 N–H and O–H groups in total. The number of rotatable bonds is 9. The van der Waals surface area contributed by atoms with Gasteiger partial charge in [-0.05, 0) is 56.2 Å². The van der Waals surface area contributed by atoms with Crippen molar-refractivity contribution in [1.82, 2.24) is 10.2 Å². The Labute approximate surface area is 168 Å². The third kappa shape index (κ3) is 7.48. The summed E-state index contributed by atoms with van der Waals surface area (Å²) in [6, 6.07) is 6.73. The Kier molecular flexibility index (Phi) is 9.71. The van der Waals surface area contributed by atoms with E-state index < -0.39 is 0 Å². The van der Waals surface area contributed by atoms with Crippen molar-refractivity contribution in [2.45, 2.75) is 39.7 Å². The van der Waals surface area contributed by atoms with Crippen LogP contribution in [0.2, 0.25) is 0 Å². The molecule has 6 heteroatoms. The van der Waals surface area contributed by atoms with Gasteiger partial charge in [-0.15, -0.1) is 24.0 Å². The number of hydrogen-bond donors (Lipinski definition) is 1. The van der Waals surface area contributed by atoms with Crippen LogP contribution in [0.4, 0.5) is 4.39 Å². The van der Waals surface area contributed by atoms with Crippen molar-refractivity contribution >= 4 is 29.9 Å². The molecule has 0 aromatic heterocycles. The van der Waals surface area contributed by atoms with Gasteiger partial charge in [0.1, 0.15) is 5.82 Å². The summed E-state index contributed by atoms with van der Waals surface area (Å²) in [6.07, 6.45) is 3.55. The highest BCUT2D eigenvalue weighted by molar-refractivity contribution is 14.0. The Morgan fingerprint density at radius 2 is 2.12 bits per heavy atom. The van der Waals surface area contributed by atoms with Gasteiger partial charge in [0, 0.05) is 39.9 Å². The van der Waals surface area contributed by atoms with Crippen molar-refractivity contribution in [3.05, 3.63) is 35.6 Å². The predicted molar refractivity (Wildman–Crippen MR) is 112 cm³/mol. The fraction of sp³-hybridized carbons (Fsp3) is 0.632. The standard InChI is InChI=1S/C19H30FN3O.HI/c1-4-21-18(22-15-19(9-10-19)11-12-24-5-2)23(3)14-16-7-6-8-17(20)13-16;/h6-8,13H,4-5,9-12,14-15H2,1-3H3,(H,21,22);1H. The Balaban J connectivity index is 0.00000312. The van der Waals surface area contributed by atoms with E-state index in [1.54, 1.807) is 12.1 Å². The average molecular weight is 463 g/mol. The number of guanidine groups is 1. The summed E-state index contributed by atoms with van der Waals surface area (Å²) in [6.45, 7) is 7.97. The van der Waals surface area contributed by atoms with Crippen LogP contribution in [0.5, 0.6) is 0 Å². The highest BCUT2D eigenvalue weighted by Crippen LogP contribution is 2.49. The Hall–Kier alpha value is -0.890. The monoisotopic (exact) mass is 463 g/mol. The van der Waals surface area contributed by atoms with Gasteiger partial charge >= 0.3 is 0 Å². The van der Waals surface area contributed by atoms with Gasteiger partial charge in [0.15, 0.2) is 5.96 Å². The van der Waals surface area contributed by atoms with Crippen LogP contribution in [0.3, 0.4) is 0 Å². The predicted octanol–water partition coefficient (Wildman–Crippen LogP) is 4.05. The van der Waals surface area contributed by atoms with Gasteiger partial charge in [-0.2, -0.15) is 0 Å². The first-order valence-electron chi connectivity index (χ1n) is 8.90. The van der Waals surface area contributed by atoms with Gasteiger partial charge in [-0.3, -0.25) is 4.99 Å². The lowest BCUT2D eigenvalue weighted by molar-refractivity contribution is 0.129. The summed E-state index contributed by atoms with van der Waals surface area (Å²) >= 11 is 0. The van der Waals surface area contributed by atoms with E-state index in [-0.39, 0.29) is 29.8 Å². The largest absolute Gasteiger partial charge is 0.382 e. The van der Waals surface area contributed by atoms with Crippen LogP contribution in [0, 0.1) is 11.2 Å². The van der Waals surface area contributed by atoms with Crippen molar-refractivity contribution in [3.63, 3.8) is 0 Å². The minimum absolute atomic E-state index is 0. The number of ether oxygens (including phenoxy) is 1. The molecule has 0 saturated heterocycles. The van der Waals surface area contributed by atoms with E-state index in [4.69, 9.17) is 9.73 Å². The Morgan fingerprint density at radius 3 is 2.72 bits per heavy atom. The molecule has 0 aliphatic heterocycles. The summed E-state index contributed by atoms with van der Waals surface area (Å²) in [5.74, 6) is 0.681. The van der Waals surface area contributed by atoms with Gasteiger partial charge in [0.2, 0.25) is 0 Å². The molecule has 1 aromatic carbocycles. The normalized spacial score (nSPS) is 15.4. The van der Waals surface area contributed by atoms with Gasteiger partial charge < -0.3 is 15.0 Å². The van der Waals surface area contributed by atoms with Crippen molar-refractivity contribution in [3.8, 4) is 0 Å². The summed E-state index contributed by atoms with van der Waals surface area (Å²) in [5.41, 5.74) is 1.27. The van der Waals surface area contributed by atoms with E-state index in [9.17, 15) is 4.39 Å². The maximum absolute atomic E-state index is 13.4. The first kappa shape index (κ1) is 22.2. The molecule has 0 unspecified atom stereocenters. The topological polar surface area (TPSA) is 36.9 Å². The third-order valence-electron chi connectivity index (χ3n) is 4.51. The molecule has 0 heterocycles. The van der Waals surface area contributed by atoms with Crippen LogP contribution >= 0.6 is 24.0 Å². The Bertz CT molecular complexity index is 549. The Morgan fingerprint density at radius 1 is 1.36 bits per heavy atom. The maximum Gasteiger partial charge on any atom is 0.193 e. The molecule has 1 aliphatic rings. The number of nitrogens with one attached hydrogen (secondary N) is 1. The van der Waals surface area contributed by atoms with Crippen LogP contribution in [-0.4, -0.2) is 44.2 Å². The zero-order chi connectivity index (χ0) is 17.4. The second-order valence-corrected chi connectivity index (χ2v) is 6.60. The lowest BCUT2D eigenvalue weighted by atomic mass is 10.0. The second kappa shape index (κ2) is 11.0. The lowest BCUT2D eigenvalue weighted by Gasteiger charge is -2.23. The van der Waals surface area contributed by atoms with Gasteiger partial charge in [-0.25, -0.2) is 4.39 Å². The molecule has 0 radical (unpaired) electrons. The lowest BCUT2D eigenvalue weighted by Crippen LogP contribution is -2.39. The third-order valence-corrected chi connectivity index (χ3v) is 4.51. The second-order valence-electron chi connectivity index (χ2n) is 6.60. The van der Waals surface area contributed by atoms with Crippen LogP contribution in [-0.2, 0) is 11.3 Å². The summed E-state index contributed by atoms with van der Waals surface area (Å²) < 4.78 is 18.8. The molecule has 1 aliphatic carbocycles. The van der Waals surface area contributed by atoms with Crippen molar-refractivity contribution < 1.29 is 9.13 Å². The van der Waals surface area contributed by atoms with Crippen LogP contribution < -0.4 is 5.32 Å². The number of benzene rings is 1. The molecule has 0 bridgehead atoms. The van der Waals surface area contributed by atoms with Crippen molar-refractivity contribution in [1.29, 1.82) is 0 Å². The fourth-order valence-electron chi connectivity index (χ4n) is 2.79. The SMILES string of the molecule is CCNC(=NCC1(CCOCC)CC1)N(C)Cc1cccc(F)c1.I. The quantitative estimate of drug-likeness (QED) is 0.260. The summed E-state index contributed by atoms with van der Waals surface area (Å²) in [5, 5.41) is 3.34. The molecule has 0 spiro atoms. The summed E-state index contributed by atoms with van der Waals surface area (Å²) in [4.78, 5) is 6.88. The number of hydrogen-bond acceptors (Lipinski definition) is 2. The molecule has 142 valence electrons. The fourth-order valence-corrected chi connectivity index (χ4v) is 2.79. The zero-order valence-corrected chi connectivity index (χ0v) is 17.9. The maximum atomic E-state index is 13.4. The molecule has 1 aromatic rings. The van der Waals surface area contributed by atoms with Crippen LogP contribution in [0.1, 0.15) is 38.7 Å². The smallest absolute Gasteiger partial charge is 0.193 e. The van der Waals surface area contributed by atoms with Crippen molar-refractivity contribution in [2.24, 2.45) is 10.4 Å². The molecule has 0 amide bonds. The van der Waals surface area contributed by atoms with Gasteiger partial charge in [0.05, 0.1) is 0 Å². The van der Waals surface area contributed by atoms with Gasteiger partial charge in [-0.1, -0.05) is 12.1 Å². The molecule has 1 saturated carbocycles. The van der Waals surface area contributed by atoms with E-state index >= 15 is 0 Å². The zero-order valence-electron chi connectivity index (χ0n) is 15.6. The van der Waals surface area contributed by atoms with E-state index in [0.717, 1.165) is 44.2 Å². The minimum Gasteiger partial charge on any atom is -0.382 e. The van der Waals surface area contributed by atoms with E-state index in [1.165, 1.54) is 18.9 Å². The molecular weight excluding hydrogens is 432 g/mol. The number of halogens is 2. The first-order valence-corrected chi connectivity index (χ1v) is 8.90. The van der Waals surface area contributed by atoms with E-state index in [1.807, 2.05) is 20.0 Å². The molecule has 0 atom stereocenters. The average Bonchev–Trinajstić information content (AvgIpc) is 3.32.